The highest BCUT2D eigenvalue weighted by Crippen LogP contribution is 2.22. The number of rotatable bonds is 4. The van der Waals surface area contributed by atoms with Crippen molar-refractivity contribution >= 4 is 38.9 Å². The van der Waals surface area contributed by atoms with Crippen molar-refractivity contribution in [2.24, 2.45) is 0 Å². The van der Waals surface area contributed by atoms with Crippen LogP contribution in [0.5, 0.6) is 0 Å². The summed E-state index contributed by atoms with van der Waals surface area (Å²) in [4.78, 5) is 12.7. The number of aryl methyl sites for hydroxylation is 1. The van der Waals surface area contributed by atoms with Gasteiger partial charge >= 0.3 is 5.97 Å². The number of anilines is 1. The summed E-state index contributed by atoms with van der Waals surface area (Å²) in [6, 6.07) is 3.85. The van der Waals surface area contributed by atoms with E-state index in [-0.39, 0.29) is 19.1 Å². The molecule has 0 aliphatic heterocycles. The Morgan fingerprint density at radius 3 is 2.79 bits per heavy atom. The number of ether oxygens (including phenoxy) is 1. The second-order valence-corrected chi connectivity index (χ2v) is 6.66. The number of hydrogen-bond donors (Lipinski definition) is 1. The number of esters is 1. The predicted octanol–water partition coefficient (Wildman–Crippen LogP) is 2.65. The van der Waals surface area contributed by atoms with E-state index in [9.17, 15) is 4.79 Å². The van der Waals surface area contributed by atoms with Crippen LogP contribution in [0.4, 0.5) is 5.69 Å². The molecule has 0 saturated carbocycles. The molecule has 0 spiro atoms. The smallest absolute Gasteiger partial charge is 0.328 e. The molecule has 0 amide bonds. The molecule has 2 rings (SSSR count). The summed E-state index contributed by atoms with van der Waals surface area (Å²) in [6.45, 7) is 4.01. The average molecular weight is 344 g/mol. The second-order valence-electron chi connectivity index (χ2n) is 4.11. The van der Waals surface area contributed by atoms with Crippen molar-refractivity contribution in [3.05, 3.63) is 32.2 Å². The third kappa shape index (κ3) is 3.36. The Morgan fingerprint density at radius 2 is 2.26 bits per heavy atom. The highest BCUT2D eigenvalue weighted by Gasteiger charge is 2.12. The van der Waals surface area contributed by atoms with E-state index in [1.807, 2.05) is 26.0 Å². The first-order chi connectivity index (χ1) is 8.97. The maximum atomic E-state index is 11.7. The third-order valence-corrected chi connectivity index (χ3v) is 4.32. The van der Waals surface area contributed by atoms with E-state index in [0.29, 0.717) is 5.69 Å². The Kier molecular flexibility index (Phi) is 4.26. The number of thiophene rings is 1. The summed E-state index contributed by atoms with van der Waals surface area (Å²) in [5.74, 6) is -0.324. The molecule has 2 heterocycles. The van der Waals surface area contributed by atoms with Crippen LogP contribution in [0.3, 0.4) is 0 Å². The monoisotopic (exact) mass is 343 g/mol. The number of carbonyl (C=O) groups excluding carboxylic acids is 1. The van der Waals surface area contributed by atoms with E-state index in [1.54, 1.807) is 16.0 Å². The standard InChI is InChI=1S/C12H14BrN3O2S/c1-7-12(14)8(2)16(15-7)5-11(17)18-6-9-3-4-10(13)19-9/h3-4H,5-6,14H2,1-2H3. The molecular formula is C12H14BrN3O2S. The Bertz CT molecular complexity index is 606. The van der Waals surface area contributed by atoms with Crippen LogP contribution in [-0.2, 0) is 22.7 Å². The zero-order chi connectivity index (χ0) is 14.0. The lowest BCUT2D eigenvalue weighted by molar-refractivity contribution is -0.145. The fourth-order valence-corrected chi connectivity index (χ4v) is 3.01. The predicted molar refractivity (Wildman–Crippen MR) is 77.9 cm³/mol. The lowest BCUT2D eigenvalue weighted by Gasteiger charge is -2.05. The Balaban J connectivity index is 1.92. The molecule has 0 atom stereocenters. The molecule has 102 valence electrons. The molecule has 19 heavy (non-hydrogen) atoms. The molecule has 0 aliphatic rings. The second kappa shape index (κ2) is 5.75. The van der Waals surface area contributed by atoms with Crippen LogP contribution in [0.15, 0.2) is 15.9 Å². The average Bonchev–Trinajstić information content (AvgIpc) is 2.88. The van der Waals surface area contributed by atoms with Crippen LogP contribution in [-0.4, -0.2) is 15.7 Å². The zero-order valence-corrected chi connectivity index (χ0v) is 13.0. The molecule has 2 aromatic heterocycles. The van der Waals surface area contributed by atoms with Gasteiger partial charge in [0.25, 0.3) is 0 Å². The van der Waals surface area contributed by atoms with Crippen molar-refractivity contribution in [3.63, 3.8) is 0 Å². The number of nitrogen functional groups attached to an aromatic ring is 1. The molecule has 7 heteroatoms. The Hall–Kier alpha value is -1.34. The van der Waals surface area contributed by atoms with Crippen LogP contribution < -0.4 is 5.73 Å². The summed E-state index contributed by atoms with van der Waals surface area (Å²) in [7, 11) is 0. The zero-order valence-electron chi connectivity index (χ0n) is 10.6. The van der Waals surface area contributed by atoms with Gasteiger partial charge in [-0.2, -0.15) is 5.10 Å². The van der Waals surface area contributed by atoms with Gasteiger partial charge < -0.3 is 10.5 Å². The largest absolute Gasteiger partial charge is 0.459 e. The van der Waals surface area contributed by atoms with Crippen LogP contribution in [0.2, 0.25) is 0 Å². The van der Waals surface area contributed by atoms with Gasteiger partial charge in [-0.3, -0.25) is 9.48 Å². The lowest BCUT2D eigenvalue weighted by Crippen LogP contribution is -2.15. The van der Waals surface area contributed by atoms with Gasteiger partial charge in [-0.05, 0) is 41.9 Å². The topological polar surface area (TPSA) is 70.1 Å². The summed E-state index contributed by atoms with van der Waals surface area (Å²) in [5.41, 5.74) is 7.94. The fraction of sp³-hybridized carbons (Fsp3) is 0.333. The first-order valence-corrected chi connectivity index (χ1v) is 7.27. The van der Waals surface area contributed by atoms with Crippen LogP contribution in [0.25, 0.3) is 0 Å². The minimum atomic E-state index is -0.324. The first kappa shape index (κ1) is 14.1. The number of aromatic nitrogens is 2. The number of hydrogen-bond acceptors (Lipinski definition) is 5. The maximum Gasteiger partial charge on any atom is 0.328 e. The van der Waals surface area contributed by atoms with Gasteiger partial charge in [0, 0.05) is 4.88 Å². The summed E-state index contributed by atoms with van der Waals surface area (Å²) < 4.78 is 7.78. The van der Waals surface area contributed by atoms with E-state index < -0.39 is 0 Å². The van der Waals surface area contributed by atoms with Crippen molar-refractivity contribution in [1.29, 1.82) is 0 Å². The number of carbonyl (C=O) groups is 1. The van der Waals surface area contributed by atoms with Gasteiger partial charge in [0.15, 0.2) is 0 Å². The van der Waals surface area contributed by atoms with E-state index in [1.165, 1.54) is 0 Å². The molecular weight excluding hydrogens is 330 g/mol. The third-order valence-electron chi connectivity index (χ3n) is 2.72. The van der Waals surface area contributed by atoms with Gasteiger partial charge in [-0.25, -0.2) is 0 Å². The van der Waals surface area contributed by atoms with E-state index in [4.69, 9.17) is 10.5 Å². The normalized spacial score (nSPS) is 10.7. The molecule has 0 aliphatic carbocycles. The van der Waals surface area contributed by atoms with Gasteiger partial charge in [0.05, 0.1) is 20.9 Å². The quantitative estimate of drug-likeness (QED) is 0.866. The SMILES string of the molecule is Cc1nn(CC(=O)OCc2ccc(Br)s2)c(C)c1N. The van der Waals surface area contributed by atoms with Crippen LogP contribution in [0, 0.1) is 13.8 Å². The van der Waals surface area contributed by atoms with E-state index >= 15 is 0 Å². The number of nitrogens with zero attached hydrogens (tertiary/aromatic N) is 2. The molecule has 2 N–H and O–H groups in total. The van der Waals surface area contributed by atoms with E-state index in [2.05, 4.69) is 21.0 Å². The summed E-state index contributed by atoms with van der Waals surface area (Å²) in [5, 5.41) is 4.19. The van der Waals surface area contributed by atoms with Crippen LogP contribution >= 0.6 is 27.3 Å². The van der Waals surface area contributed by atoms with E-state index in [0.717, 1.165) is 20.1 Å². The molecule has 0 saturated heterocycles. The van der Waals surface area contributed by atoms with Gasteiger partial charge in [0.1, 0.15) is 13.2 Å². The summed E-state index contributed by atoms with van der Waals surface area (Å²) in [6.07, 6.45) is 0. The van der Waals surface area contributed by atoms with Gasteiger partial charge in [-0.1, -0.05) is 0 Å². The maximum absolute atomic E-state index is 11.7. The first-order valence-electron chi connectivity index (χ1n) is 5.66. The Labute approximate surface area is 123 Å². The van der Waals surface area contributed by atoms with Crippen molar-refractivity contribution in [3.8, 4) is 0 Å². The van der Waals surface area contributed by atoms with Crippen molar-refractivity contribution in [2.45, 2.75) is 27.0 Å². The number of nitrogens with two attached hydrogens (primary N) is 1. The molecule has 0 fully saturated rings. The lowest BCUT2D eigenvalue weighted by atomic mass is 10.3. The molecule has 0 unspecified atom stereocenters. The molecule has 0 bridgehead atoms. The molecule has 0 radical (unpaired) electrons. The van der Waals surface area contributed by atoms with Gasteiger partial charge in [0.2, 0.25) is 0 Å². The molecule has 0 aromatic carbocycles. The van der Waals surface area contributed by atoms with Crippen molar-refractivity contribution < 1.29 is 9.53 Å². The fourth-order valence-electron chi connectivity index (χ4n) is 1.61. The molecule has 5 nitrogen and oxygen atoms in total. The molecule has 2 aromatic rings. The highest BCUT2D eigenvalue weighted by atomic mass is 79.9. The van der Waals surface area contributed by atoms with Crippen LogP contribution in [0.1, 0.15) is 16.3 Å². The minimum Gasteiger partial charge on any atom is -0.459 e. The number of halogens is 1. The highest BCUT2D eigenvalue weighted by molar-refractivity contribution is 9.11. The summed E-state index contributed by atoms with van der Waals surface area (Å²) >= 11 is 4.91. The van der Waals surface area contributed by atoms with Crippen molar-refractivity contribution in [2.75, 3.05) is 5.73 Å². The Morgan fingerprint density at radius 1 is 1.53 bits per heavy atom. The minimum absolute atomic E-state index is 0.0798. The van der Waals surface area contributed by atoms with Gasteiger partial charge in [-0.15, -0.1) is 11.3 Å². The van der Waals surface area contributed by atoms with Crippen molar-refractivity contribution in [1.82, 2.24) is 9.78 Å².